The maximum absolute atomic E-state index is 12.3. The molecule has 5 nitrogen and oxygen atoms in total. The number of aromatic nitrogens is 2. The standard InChI is InChI=1S/C18H25N3O2/c1-13-5-7-15(8-6-13)9-14(2)17(22)19-12-18(3,23)16-10-20-21(4)11-16/h5-8,10-11,14,23H,9,12H2,1-4H3,(H,19,22). The summed E-state index contributed by atoms with van der Waals surface area (Å²) in [5.41, 5.74) is 1.90. The second-order valence-corrected chi connectivity index (χ2v) is 6.49. The molecule has 2 aromatic rings. The van der Waals surface area contributed by atoms with Crippen LogP contribution < -0.4 is 5.32 Å². The van der Waals surface area contributed by atoms with Crippen LogP contribution in [0.1, 0.15) is 30.5 Å². The van der Waals surface area contributed by atoms with Gasteiger partial charge in [0.2, 0.25) is 5.91 Å². The number of carbonyl (C=O) groups excluding carboxylic acids is 1. The zero-order chi connectivity index (χ0) is 17.0. The molecular formula is C18H25N3O2. The summed E-state index contributed by atoms with van der Waals surface area (Å²) in [4.78, 5) is 12.3. The summed E-state index contributed by atoms with van der Waals surface area (Å²) in [6.45, 7) is 5.78. The zero-order valence-electron chi connectivity index (χ0n) is 14.2. The van der Waals surface area contributed by atoms with Crippen LogP contribution >= 0.6 is 0 Å². The molecule has 1 aromatic heterocycles. The van der Waals surface area contributed by atoms with Crippen molar-refractivity contribution in [2.75, 3.05) is 6.54 Å². The van der Waals surface area contributed by atoms with E-state index in [0.29, 0.717) is 12.0 Å². The van der Waals surface area contributed by atoms with Crippen LogP contribution in [0.15, 0.2) is 36.7 Å². The summed E-state index contributed by atoms with van der Waals surface area (Å²) in [6, 6.07) is 8.19. The Labute approximate surface area is 137 Å². The van der Waals surface area contributed by atoms with Crippen LogP contribution in [0.3, 0.4) is 0 Å². The van der Waals surface area contributed by atoms with E-state index in [4.69, 9.17) is 0 Å². The summed E-state index contributed by atoms with van der Waals surface area (Å²) in [5, 5.41) is 17.4. The lowest BCUT2D eigenvalue weighted by molar-refractivity contribution is -0.125. The number of aliphatic hydroxyl groups is 1. The van der Waals surface area contributed by atoms with E-state index in [1.54, 1.807) is 31.0 Å². The third-order valence-corrected chi connectivity index (χ3v) is 4.04. The number of amides is 1. The Morgan fingerprint density at radius 2 is 2.04 bits per heavy atom. The number of rotatable bonds is 6. The summed E-state index contributed by atoms with van der Waals surface area (Å²) < 4.78 is 1.63. The molecule has 5 heteroatoms. The Morgan fingerprint density at radius 1 is 1.39 bits per heavy atom. The number of hydrogen-bond acceptors (Lipinski definition) is 3. The van der Waals surface area contributed by atoms with Gasteiger partial charge in [-0.3, -0.25) is 9.48 Å². The van der Waals surface area contributed by atoms with Crippen molar-refractivity contribution in [1.29, 1.82) is 0 Å². The van der Waals surface area contributed by atoms with E-state index >= 15 is 0 Å². The number of aryl methyl sites for hydroxylation is 2. The first-order valence-corrected chi connectivity index (χ1v) is 7.82. The molecule has 23 heavy (non-hydrogen) atoms. The largest absolute Gasteiger partial charge is 0.383 e. The molecule has 0 fully saturated rings. The molecule has 1 aromatic carbocycles. The Balaban J connectivity index is 1.89. The zero-order valence-corrected chi connectivity index (χ0v) is 14.2. The molecule has 2 unspecified atom stereocenters. The average molecular weight is 315 g/mol. The van der Waals surface area contributed by atoms with Gasteiger partial charge in [0.25, 0.3) is 0 Å². The van der Waals surface area contributed by atoms with Crippen LogP contribution in [-0.4, -0.2) is 27.3 Å². The number of carbonyl (C=O) groups is 1. The first kappa shape index (κ1) is 17.2. The van der Waals surface area contributed by atoms with Gasteiger partial charge in [-0.05, 0) is 25.8 Å². The minimum atomic E-state index is -1.13. The van der Waals surface area contributed by atoms with E-state index < -0.39 is 5.60 Å². The number of hydrogen-bond donors (Lipinski definition) is 2. The van der Waals surface area contributed by atoms with E-state index in [1.807, 2.05) is 38.1 Å². The van der Waals surface area contributed by atoms with E-state index in [1.165, 1.54) is 5.56 Å². The van der Waals surface area contributed by atoms with Crippen molar-refractivity contribution in [1.82, 2.24) is 15.1 Å². The first-order chi connectivity index (χ1) is 10.8. The minimum Gasteiger partial charge on any atom is -0.383 e. The highest BCUT2D eigenvalue weighted by molar-refractivity contribution is 5.78. The SMILES string of the molecule is Cc1ccc(CC(C)C(=O)NCC(C)(O)c2cnn(C)c2)cc1. The summed E-state index contributed by atoms with van der Waals surface area (Å²) in [6.07, 6.45) is 4.05. The highest BCUT2D eigenvalue weighted by Crippen LogP contribution is 2.19. The Kier molecular flexibility index (Phi) is 5.21. The highest BCUT2D eigenvalue weighted by Gasteiger charge is 2.26. The fourth-order valence-electron chi connectivity index (χ4n) is 2.41. The lowest BCUT2D eigenvalue weighted by atomic mass is 9.97. The van der Waals surface area contributed by atoms with Crippen LogP contribution in [0.25, 0.3) is 0 Å². The van der Waals surface area contributed by atoms with Crippen molar-refractivity contribution in [3.63, 3.8) is 0 Å². The average Bonchev–Trinajstić information content (AvgIpc) is 2.94. The van der Waals surface area contributed by atoms with Gasteiger partial charge in [-0.2, -0.15) is 5.10 Å². The van der Waals surface area contributed by atoms with Crippen LogP contribution in [0, 0.1) is 12.8 Å². The smallest absolute Gasteiger partial charge is 0.223 e. The van der Waals surface area contributed by atoms with Crippen molar-refractivity contribution in [3.05, 3.63) is 53.3 Å². The maximum atomic E-state index is 12.3. The van der Waals surface area contributed by atoms with E-state index in [-0.39, 0.29) is 18.4 Å². The van der Waals surface area contributed by atoms with Gasteiger partial charge in [-0.25, -0.2) is 0 Å². The third-order valence-electron chi connectivity index (χ3n) is 4.04. The molecule has 0 bridgehead atoms. The van der Waals surface area contributed by atoms with E-state index in [2.05, 4.69) is 10.4 Å². The van der Waals surface area contributed by atoms with Gasteiger partial charge in [0.1, 0.15) is 5.60 Å². The molecule has 0 saturated carbocycles. The third kappa shape index (κ3) is 4.66. The van der Waals surface area contributed by atoms with Gasteiger partial charge in [0, 0.05) is 24.7 Å². The predicted octanol–water partition coefficient (Wildman–Crippen LogP) is 1.93. The number of benzene rings is 1. The summed E-state index contributed by atoms with van der Waals surface area (Å²) >= 11 is 0. The molecule has 0 aliphatic heterocycles. The van der Waals surface area contributed by atoms with Crippen molar-refractivity contribution >= 4 is 5.91 Å². The normalized spacial score (nSPS) is 15.0. The molecule has 0 radical (unpaired) electrons. The quantitative estimate of drug-likeness (QED) is 0.856. The van der Waals surface area contributed by atoms with Crippen molar-refractivity contribution < 1.29 is 9.90 Å². The van der Waals surface area contributed by atoms with Crippen LogP contribution in [0.4, 0.5) is 0 Å². The number of nitrogens with one attached hydrogen (secondary N) is 1. The number of nitrogens with zero attached hydrogens (tertiary/aromatic N) is 2. The molecule has 1 amide bonds. The molecule has 1 heterocycles. The Bertz CT molecular complexity index is 659. The molecule has 124 valence electrons. The molecular weight excluding hydrogens is 290 g/mol. The Hall–Kier alpha value is -2.14. The molecule has 0 aliphatic rings. The topological polar surface area (TPSA) is 67.2 Å². The molecule has 2 rings (SSSR count). The fourth-order valence-corrected chi connectivity index (χ4v) is 2.41. The molecule has 0 saturated heterocycles. The van der Waals surface area contributed by atoms with Crippen LogP contribution in [0.2, 0.25) is 0 Å². The second-order valence-electron chi connectivity index (χ2n) is 6.49. The lowest BCUT2D eigenvalue weighted by Crippen LogP contribution is -2.41. The minimum absolute atomic E-state index is 0.0604. The first-order valence-electron chi connectivity index (χ1n) is 7.82. The van der Waals surface area contributed by atoms with Crippen molar-refractivity contribution in [2.45, 2.75) is 32.8 Å². The summed E-state index contributed by atoms with van der Waals surface area (Å²) in [7, 11) is 1.79. The fraction of sp³-hybridized carbons (Fsp3) is 0.444. The highest BCUT2D eigenvalue weighted by atomic mass is 16.3. The molecule has 0 spiro atoms. The van der Waals surface area contributed by atoms with Crippen molar-refractivity contribution in [2.24, 2.45) is 13.0 Å². The van der Waals surface area contributed by atoms with E-state index in [9.17, 15) is 9.90 Å². The maximum Gasteiger partial charge on any atom is 0.223 e. The molecule has 2 atom stereocenters. The Morgan fingerprint density at radius 3 is 2.61 bits per heavy atom. The van der Waals surface area contributed by atoms with Gasteiger partial charge in [0.15, 0.2) is 0 Å². The lowest BCUT2D eigenvalue weighted by Gasteiger charge is -2.23. The predicted molar refractivity (Wildman–Crippen MR) is 89.8 cm³/mol. The molecule has 0 aliphatic carbocycles. The van der Waals surface area contributed by atoms with Crippen LogP contribution in [0.5, 0.6) is 0 Å². The monoisotopic (exact) mass is 315 g/mol. The van der Waals surface area contributed by atoms with Gasteiger partial charge in [0.05, 0.1) is 12.7 Å². The van der Waals surface area contributed by atoms with Crippen LogP contribution in [-0.2, 0) is 23.9 Å². The summed E-state index contributed by atoms with van der Waals surface area (Å²) in [5.74, 6) is -0.211. The van der Waals surface area contributed by atoms with Gasteiger partial charge < -0.3 is 10.4 Å². The van der Waals surface area contributed by atoms with Crippen molar-refractivity contribution in [3.8, 4) is 0 Å². The van der Waals surface area contributed by atoms with E-state index in [0.717, 1.165) is 5.56 Å². The molecule has 2 N–H and O–H groups in total. The van der Waals surface area contributed by atoms with Gasteiger partial charge in [-0.1, -0.05) is 36.8 Å². The second kappa shape index (κ2) is 6.96. The van der Waals surface area contributed by atoms with Gasteiger partial charge in [-0.15, -0.1) is 0 Å². The van der Waals surface area contributed by atoms with Gasteiger partial charge >= 0.3 is 0 Å².